The van der Waals surface area contributed by atoms with E-state index in [-0.39, 0.29) is 12.5 Å². The van der Waals surface area contributed by atoms with Gasteiger partial charge < -0.3 is 18.7 Å². The summed E-state index contributed by atoms with van der Waals surface area (Å²) >= 11 is 0. The maximum atomic E-state index is 11.9. The Bertz CT molecular complexity index is 965. The van der Waals surface area contributed by atoms with Crippen LogP contribution in [0.1, 0.15) is 18.4 Å². The average Bonchev–Trinajstić information content (AvgIpc) is 3.20. The average molecular weight is 380 g/mol. The molecule has 3 aromatic rings. The maximum absolute atomic E-state index is 11.9. The number of benzene rings is 2. The van der Waals surface area contributed by atoms with Gasteiger partial charge in [0.1, 0.15) is 11.5 Å². The number of rotatable bonds is 8. The van der Waals surface area contributed by atoms with E-state index in [4.69, 9.17) is 18.7 Å². The molecule has 28 heavy (non-hydrogen) atoms. The lowest BCUT2D eigenvalue weighted by molar-refractivity contribution is -0.139. The Morgan fingerprint density at radius 2 is 1.86 bits per heavy atom. The molecule has 0 saturated carbocycles. The van der Waals surface area contributed by atoms with Gasteiger partial charge in [-0.05, 0) is 31.2 Å². The smallest absolute Gasteiger partial charge is 0.331 e. The lowest BCUT2D eigenvalue weighted by atomic mass is 10.2. The van der Waals surface area contributed by atoms with Gasteiger partial charge in [0.2, 0.25) is 5.82 Å². The first-order chi connectivity index (χ1) is 13.7. The molecular formula is C21H20N2O5. The molecule has 7 heteroatoms. The number of para-hydroxylation sites is 2. The molecular weight excluding hydrogens is 360 g/mol. The zero-order valence-corrected chi connectivity index (χ0v) is 15.6. The highest BCUT2D eigenvalue weighted by atomic mass is 16.6. The van der Waals surface area contributed by atoms with Crippen LogP contribution in [-0.2, 0) is 16.1 Å². The minimum Gasteiger partial charge on any atom is -0.496 e. The number of carbonyl (C=O) groups excluding carboxylic acids is 1. The SMILES string of the molecule is CCOc1ccccc1-c1noc(COC(=O)/C=C/c2ccccc2OC)n1. The number of methoxy groups -OCH3 is 1. The first kappa shape index (κ1) is 19.2. The molecule has 0 saturated heterocycles. The van der Waals surface area contributed by atoms with Crippen LogP contribution >= 0.6 is 0 Å². The van der Waals surface area contributed by atoms with Gasteiger partial charge in [0.05, 0.1) is 19.3 Å². The third-order valence-electron chi connectivity index (χ3n) is 3.77. The minimum absolute atomic E-state index is 0.126. The quantitative estimate of drug-likeness (QED) is 0.433. The number of aromatic nitrogens is 2. The number of nitrogens with zero attached hydrogens (tertiary/aromatic N) is 2. The van der Waals surface area contributed by atoms with Crippen molar-refractivity contribution in [3.8, 4) is 22.9 Å². The van der Waals surface area contributed by atoms with Gasteiger partial charge >= 0.3 is 5.97 Å². The molecule has 0 radical (unpaired) electrons. The minimum atomic E-state index is -0.527. The summed E-state index contributed by atoms with van der Waals surface area (Å²) in [6.45, 7) is 2.30. The van der Waals surface area contributed by atoms with E-state index in [1.54, 1.807) is 13.2 Å². The highest BCUT2D eigenvalue weighted by Crippen LogP contribution is 2.27. The van der Waals surface area contributed by atoms with Gasteiger partial charge in [-0.15, -0.1) is 0 Å². The number of hydrogen-bond acceptors (Lipinski definition) is 7. The first-order valence-electron chi connectivity index (χ1n) is 8.74. The van der Waals surface area contributed by atoms with Crippen LogP contribution in [0.25, 0.3) is 17.5 Å². The Morgan fingerprint density at radius 1 is 1.11 bits per heavy atom. The van der Waals surface area contributed by atoms with Crippen molar-refractivity contribution in [2.24, 2.45) is 0 Å². The molecule has 0 aliphatic heterocycles. The molecule has 0 atom stereocenters. The summed E-state index contributed by atoms with van der Waals surface area (Å²) in [5.74, 6) is 1.37. The van der Waals surface area contributed by atoms with Crippen molar-refractivity contribution < 1.29 is 23.5 Å². The van der Waals surface area contributed by atoms with Crippen LogP contribution in [0.15, 0.2) is 59.1 Å². The van der Waals surface area contributed by atoms with Gasteiger partial charge in [0.25, 0.3) is 5.89 Å². The predicted molar refractivity (Wildman–Crippen MR) is 103 cm³/mol. The second kappa shape index (κ2) is 9.36. The Morgan fingerprint density at radius 3 is 2.64 bits per heavy atom. The second-order valence-corrected chi connectivity index (χ2v) is 5.62. The monoisotopic (exact) mass is 380 g/mol. The third-order valence-corrected chi connectivity index (χ3v) is 3.77. The van der Waals surface area contributed by atoms with Gasteiger partial charge in [-0.2, -0.15) is 4.98 Å². The van der Waals surface area contributed by atoms with E-state index >= 15 is 0 Å². The molecule has 0 bridgehead atoms. The van der Waals surface area contributed by atoms with Crippen molar-refractivity contribution in [2.75, 3.05) is 13.7 Å². The number of esters is 1. The summed E-state index contributed by atoms with van der Waals surface area (Å²) in [6, 6.07) is 14.7. The van der Waals surface area contributed by atoms with E-state index in [0.29, 0.717) is 29.5 Å². The maximum Gasteiger partial charge on any atom is 0.331 e. The molecule has 7 nitrogen and oxygen atoms in total. The van der Waals surface area contributed by atoms with Crippen LogP contribution in [0.3, 0.4) is 0 Å². The van der Waals surface area contributed by atoms with Crippen LogP contribution in [-0.4, -0.2) is 29.8 Å². The number of carbonyl (C=O) groups is 1. The molecule has 1 aromatic heterocycles. The number of hydrogen-bond donors (Lipinski definition) is 0. The zero-order valence-electron chi connectivity index (χ0n) is 15.6. The summed E-state index contributed by atoms with van der Waals surface area (Å²) < 4.78 is 21.1. The van der Waals surface area contributed by atoms with Crippen LogP contribution in [0.2, 0.25) is 0 Å². The van der Waals surface area contributed by atoms with Crippen LogP contribution in [0, 0.1) is 0 Å². The molecule has 2 aromatic carbocycles. The highest BCUT2D eigenvalue weighted by Gasteiger charge is 2.14. The molecule has 0 spiro atoms. The molecule has 0 unspecified atom stereocenters. The second-order valence-electron chi connectivity index (χ2n) is 5.62. The zero-order chi connectivity index (χ0) is 19.8. The Kier molecular flexibility index (Phi) is 6.41. The van der Waals surface area contributed by atoms with Gasteiger partial charge in [-0.25, -0.2) is 4.79 Å². The lowest BCUT2D eigenvalue weighted by Gasteiger charge is -2.06. The summed E-state index contributed by atoms with van der Waals surface area (Å²) in [5.41, 5.74) is 1.48. The Hall–Kier alpha value is -3.61. The highest BCUT2D eigenvalue weighted by molar-refractivity contribution is 5.87. The number of ether oxygens (including phenoxy) is 3. The van der Waals surface area contributed by atoms with Crippen LogP contribution in [0.4, 0.5) is 0 Å². The fourth-order valence-corrected chi connectivity index (χ4v) is 2.50. The predicted octanol–water partition coefficient (Wildman–Crippen LogP) is 3.90. The summed E-state index contributed by atoms with van der Waals surface area (Å²) in [6.07, 6.45) is 2.94. The lowest BCUT2D eigenvalue weighted by Crippen LogP contribution is -2.01. The van der Waals surface area contributed by atoms with Gasteiger partial charge in [-0.1, -0.05) is 35.5 Å². The van der Waals surface area contributed by atoms with Crippen molar-refractivity contribution in [1.82, 2.24) is 10.1 Å². The third kappa shape index (κ3) is 4.76. The normalized spacial score (nSPS) is 10.8. The van der Waals surface area contributed by atoms with E-state index in [0.717, 1.165) is 5.56 Å². The van der Waals surface area contributed by atoms with E-state index < -0.39 is 5.97 Å². The van der Waals surface area contributed by atoms with E-state index in [1.807, 2.05) is 55.5 Å². The fourth-order valence-electron chi connectivity index (χ4n) is 2.50. The molecule has 0 N–H and O–H groups in total. The van der Waals surface area contributed by atoms with Crippen molar-refractivity contribution in [3.05, 3.63) is 66.1 Å². The molecule has 0 fully saturated rings. The molecule has 3 rings (SSSR count). The van der Waals surface area contributed by atoms with E-state index in [2.05, 4.69) is 10.1 Å². The van der Waals surface area contributed by atoms with Crippen molar-refractivity contribution in [2.45, 2.75) is 13.5 Å². The fraction of sp³-hybridized carbons (Fsp3) is 0.190. The standard InChI is InChI=1S/C21H20N2O5/c1-3-26-18-11-7-5-9-16(18)21-22-19(28-23-21)14-27-20(24)13-12-15-8-4-6-10-17(15)25-2/h4-13H,3,14H2,1-2H3/b13-12+. The van der Waals surface area contributed by atoms with Crippen molar-refractivity contribution >= 4 is 12.0 Å². The topological polar surface area (TPSA) is 83.7 Å². The van der Waals surface area contributed by atoms with Crippen molar-refractivity contribution in [1.29, 1.82) is 0 Å². The summed E-state index contributed by atoms with van der Waals surface area (Å²) in [7, 11) is 1.57. The largest absolute Gasteiger partial charge is 0.496 e. The summed E-state index contributed by atoms with van der Waals surface area (Å²) in [4.78, 5) is 16.2. The van der Waals surface area contributed by atoms with Gasteiger partial charge in [0.15, 0.2) is 6.61 Å². The molecule has 0 amide bonds. The molecule has 144 valence electrons. The molecule has 1 heterocycles. The Balaban J connectivity index is 1.62. The van der Waals surface area contributed by atoms with E-state index in [1.165, 1.54) is 6.08 Å². The summed E-state index contributed by atoms with van der Waals surface area (Å²) in [5, 5.41) is 3.93. The van der Waals surface area contributed by atoms with Gasteiger partial charge in [-0.3, -0.25) is 0 Å². The Labute approximate surface area is 162 Å². The van der Waals surface area contributed by atoms with E-state index in [9.17, 15) is 4.79 Å². The van der Waals surface area contributed by atoms with Gasteiger partial charge in [0, 0.05) is 11.6 Å². The van der Waals surface area contributed by atoms with Crippen LogP contribution in [0.5, 0.6) is 11.5 Å². The van der Waals surface area contributed by atoms with Crippen LogP contribution < -0.4 is 9.47 Å². The molecule has 0 aliphatic carbocycles. The first-order valence-corrected chi connectivity index (χ1v) is 8.74. The van der Waals surface area contributed by atoms with Crippen molar-refractivity contribution in [3.63, 3.8) is 0 Å². The molecule has 0 aliphatic rings.